The Morgan fingerprint density at radius 1 is 1.15 bits per heavy atom. The van der Waals surface area contributed by atoms with E-state index in [1.54, 1.807) is 0 Å². The fourth-order valence-corrected chi connectivity index (χ4v) is 5.79. The van der Waals surface area contributed by atoms with Crippen LogP contribution in [0.25, 0.3) is 0 Å². The summed E-state index contributed by atoms with van der Waals surface area (Å²) >= 11 is 0. The number of hydrogen-bond donors (Lipinski definition) is 2. The van der Waals surface area contributed by atoms with Gasteiger partial charge in [-0.1, -0.05) is 30.7 Å². The Balaban J connectivity index is 0.00000168. The minimum absolute atomic E-state index is 0. The van der Waals surface area contributed by atoms with E-state index < -0.39 is 0 Å². The molecular formula is C21H30IN3O. The van der Waals surface area contributed by atoms with Crippen LogP contribution < -0.4 is 10.6 Å². The van der Waals surface area contributed by atoms with E-state index in [2.05, 4.69) is 39.9 Å². The summed E-state index contributed by atoms with van der Waals surface area (Å²) in [5, 5.41) is 7.51. The van der Waals surface area contributed by atoms with Gasteiger partial charge in [-0.3, -0.25) is 4.99 Å². The second-order valence-corrected chi connectivity index (χ2v) is 8.38. The average molecular weight is 467 g/mol. The molecule has 3 fully saturated rings. The van der Waals surface area contributed by atoms with Gasteiger partial charge in [0.2, 0.25) is 0 Å². The molecule has 2 N–H and O–H groups in total. The van der Waals surface area contributed by atoms with E-state index >= 15 is 0 Å². The number of benzene rings is 1. The molecule has 0 amide bonds. The van der Waals surface area contributed by atoms with Crippen molar-refractivity contribution in [1.82, 2.24) is 10.6 Å². The van der Waals surface area contributed by atoms with E-state index in [9.17, 15) is 0 Å². The summed E-state index contributed by atoms with van der Waals surface area (Å²) in [5.74, 6) is 1.68. The van der Waals surface area contributed by atoms with Gasteiger partial charge in [0.15, 0.2) is 5.96 Å². The largest absolute Gasteiger partial charge is 0.377 e. The van der Waals surface area contributed by atoms with E-state index in [1.807, 2.05) is 7.05 Å². The molecule has 1 aliphatic heterocycles. The standard InChI is InChI=1S/C21H29N3O.HI/c1-22-20(23-16-8-7-14-5-2-3-6-15(14)13-16)24-18-17-9-12-25-19(17)21(18)10-4-11-21;/h2-3,5-6,16-19H,4,7-13H2,1H3,(H2,22,23,24);1H. The number of ether oxygens (including phenoxy) is 1. The third kappa shape index (κ3) is 2.86. The lowest BCUT2D eigenvalue weighted by atomic mass is 9.46. The molecule has 4 aliphatic rings. The van der Waals surface area contributed by atoms with Crippen molar-refractivity contribution >= 4 is 29.9 Å². The molecule has 5 heteroatoms. The summed E-state index contributed by atoms with van der Waals surface area (Å²) in [6.45, 7) is 0.945. The molecule has 1 aromatic carbocycles. The van der Waals surface area contributed by atoms with Gasteiger partial charge in [-0.05, 0) is 49.7 Å². The Morgan fingerprint density at radius 2 is 1.96 bits per heavy atom. The molecule has 4 unspecified atom stereocenters. The van der Waals surface area contributed by atoms with Crippen LogP contribution in [-0.4, -0.2) is 37.8 Å². The van der Waals surface area contributed by atoms with Crippen LogP contribution in [0.5, 0.6) is 0 Å². The van der Waals surface area contributed by atoms with Crippen molar-refractivity contribution in [1.29, 1.82) is 0 Å². The highest BCUT2D eigenvalue weighted by molar-refractivity contribution is 14.0. The summed E-state index contributed by atoms with van der Waals surface area (Å²) in [5.41, 5.74) is 3.41. The van der Waals surface area contributed by atoms with Gasteiger partial charge >= 0.3 is 0 Å². The lowest BCUT2D eigenvalue weighted by Crippen LogP contribution is -2.72. The second kappa shape index (κ2) is 7.30. The highest BCUT2D eigenvalue weighted by Crippen LogP contribution is 2.62. The van der Waals surface area contributed by atoms with E-state index in [0.29, 0.717) is 29.5 Å². The molecule has 0 aromatic heterocycles. The van der Waals surface area contributed by atoms with Crippen molar-refractivity contribution in [3.05, 3.63) is 35.4 Å². The molecule has 5 rings (SSSR count). The number of halogens is 1. The molecule has 4 atom stereocenters. The number of nitrogens with one attached hydrogen (secondary N) is 2. The minimum atomic E-state index is 0. The number of guanidine groups is 1. The molecule has 26 heavy (non-hydrogen) atoms. The summed E-state index contributed by atoms with van der Waals surface area (Å²) in [6, 6.07) is 9.89. The highest BCUT2D eigenvalue weighted by atomic mass is 127. The maximum Gasteiger partial charge on any atom is 0.191 e. The van der Waals surface area contributed by atoms with Gasteiger partial charge in [0.25, 0.3) is 0 Å². The van der Waals surface area contributed by atoms with Crippen molar-refractivity contribution in [2.45, 2.75) is 63.1 Å². The number of aliphatic imine (C=N–C) groups is 1. The Kier molecular flexibility index (Phi) is 5.21. The van der Waals surface area contributed by atoms with Gasteiger partial charge in [0.05, 0.1) is 6.10 Å². The van der Waals surface area contributed by atoms with Crippen LogP contribution in [0.1, 0.15) is 43.2 Å². The van der Waals surface area contributed by atoms with Crippen LogP contribution in [-0.2, 0) is 17.6 Å². The Morgan fingerprint density at radius 3 is 2.69 bits per heavy atom. The van der Waals surface area contributed by atoms with Gasteiger partial charge in [0, 0.05) is 37.1 Å². The first kappa shape index (κ1) is 18.5. The third-order valence-electron chi connectivity index (χ3n) is 7.24. The maximum absolute atomic E-state index is 6.04. The minimum Gasteiger partial charge on any atom is -0.377 e. The molecule has 1 aromatic rings. The second-order valence-electron chi connectivity index (χ2n) is 8.38. The monoisotopic (exact) mass is 467 g/mol. The summed E-state index contributed by atoms with van der Waals surface area (Å²) in [6.07, 6.45) is 9.16. The van der Waals surface area contributed by atoms with Gasteiger partial charge in [-0.15, -0.1) is 24.0 Å². The first-order chi connectivity index (χ1) is 12.3. The molecule has 1 heterocycles. The normalized spacial score (nSPS) is 34.0. The number of rotatable bonds is 2. The van der Waals surface area contributed by atoms with Crippen molar-refractivity contribution in [3.63, 3.8) is 0 Å². The molecule has 1 saturated heterocycles. The Labute approximate surface area is 173 Å². The van der Waals surface area contributed by atoms with Crippen molar-refractivity contribution < 1.29 is 4.74 Å². The molecule has 1 spiro atoms. The first-order valence-corrected chi connectivity index (χ1v) is 9.98. The molecular weight excluding hydrogens is 437 g/mol. The van der Waals surface area contributed by atoms with Crippen molar-refractivity contribution in [2.24, 2.45) is 16.3 Å². The van der Waals surface area contributed by atoms with Crippen LogP contribution in [0.15, 0.2) is 29.3 Å². The molecule has 4 nitrogen and oxygen atoms in total. The Hall–Kier alpha value is -0.820. The summed E-state index contributed by atoms with van der Waals surface area (Å²) in [4.78, 5) is 4.55. The van der Waals surface area contributed by atoms with Gasteiger partial charge in [-0.25, -0.2) is 0 Å². The van der Waals surface area contributed by atoms with Crippen LogP contribution >= 0.6 is 24.0 Å². The molecule has 3 aliphatic carbocycles. The van der Waals surface area contributed by atoms with Crippen LogP contribution in [0.2, 0.25) is 0 Å². The number of fused-ring (bicyclic) bond motifs is 3. The smallest absolute Gasteiger partial charge is 0.191 e. The summed E-state index contributed by atoms with van der Waals surface area (Å²) < 4.78 is 6.04. The zero-order valence-electron chi connectivity index (χ0n) is 15.5. The topological polar surface area (TPSA) is 45.7 Å². The van der Waals surface area contributed by atoms with Crippen molar-refractivity contribution in [3.8, 4) is 0 Å². The number of nitrogens with zero attached hydrogens (tertiary/aromatic N) is 1. The van der Waals surface area contributed by atoms with E-state index in [0.717, 1.165) is 25.4 Å². The SMILES string of the molecule is CN=C(NC1CCc2ccccc2C1)NC1C2CCOC2C12CCC2.I. The lowest BCUT2D eigenvalue weighted by Gasteiger charge is -2.63. The predicted molar refractivity (Wildman–Crippen MR) is 115 cm³/mol. The quantitative estimate of drug-likeness (QED) is 0.399. The van der Waals surface area contributed by atoms with E-state index in [1.165, 1.54) is 43.2 Å². The van der Waals surface area contributed by atoms with E-state index in [-0.39, 0.29) is 24.0 Å². The molecule has 142 valence electrons. The lowest BCUT2D eigenvalue weighted by molar-refractivity contribution is -0.171. The van der Waals surface area contributed by atoms with Crippen molar-refractivity contribution in [2.75, 3.05) is 13.7 Å². The average Bonchev–Trinajstić information content (AvgIpc) is 3.02. The first-order valence-electron chi connectivity index (χ1n) is 9.98. The maximum atomic E-state index is 6.04. The van der Waals surface area contributed by atoms with Crippen LogP contribution in [0, 0.1) is 11.3 Å². The highest BCUT2D eigenvalue weighted by Gasteiger charge is 2.66. The van der Waals surface area contributed by atoms with Crippen LogP contribution in [0.3, 0.4) is 0 Å². The van der Waals surface area contributed by atoms with Gasteiger partial charge < -0.3 is 15.4 Å². The zero-order valence-corrected chi connectivity index (χ0v) is 17.9. The summed E-state index contributed by atoms with van der Waals surface area (Å²) in [7, 11) is 1.90. The van der Waals surface area contributed by atoms with Crippen LogP contribution in [0.4, 0.5) is 0 Å². The fraction of sp³-hybridized carbons (Fsp3) is 0.667. The predicted octanol–water partition coefficient (Wildman–Crippen LogP) is 3.28. The zero-order chi connectivity index (χ0) is 16.9. The number of hydrogen-bond acceptors (Lipinski definition) is 2. The van der Waals surface area contributed by atoms with E-state index in [4.69, 9.17) is 4.74 Å². The molecule has 2 saturated carbocycles. The van der Waals surface area contributed by atoms with Gasteiger partial charge in [-0.2, -0.15) is 0 Å². The Bertz CT molecular complexity index is 688. The number of aryl methyl sites for hydroxylation is 1. The van der Waals surface area contributed by atoms with Gasteiger partial charge in [0.1, 0.15) is 0 Å². The molecule has 0 bridgehead atoms. The molecule has 0 radical (unpaired) electrons. The third-order valence-corrected chi connectivity index (χ3v) is 7.24. The fourth-order valence-electron chi connectivity index (χ4n) is 5.79.